The number of amides is 3. The number of rotatable bonds is 9. The molecule has 3 aromatic carbocycles. The van der Waals surface area contributed by atoms with Crippen LogP contribution in [0.4, 0.5) is 11.4 Å². The maximum atomic E-state index is 14.1. The van der Waals surface area contributed by atoms with Gasteiger partial charge in [0.05, 0.1) is 23.2 Å². The number of likely N-dealkylation sites (tertiary alicyclic amines) is 1. The third kappa shape index (κ3) is 4.65. The normalized spacial score (nSPS) is 28.1. The van der Waals surface area contributed by atoms with Gasteiger partial charge in [0, 0.05) is 29.8 Å². The number of benzene rings is 3. The van der Waals surface area contributed by atoms with Crippen LogP contribution in [-0.2, 0) is 14.4 Å². The number of thioether (sulfide) groups is 1. The van der Waals surface area contributed by atoms with Gasteiger partial charge in [0.2, 0.25) is 17.7 Å². The average Bonchev–Trinajstić information content (AvgIpc) is 3.56. The second kappa shape index (κ2) is 11.0. The number of fused-ring (bicyclic) bond motifs is 2. The molecule has 6 atom stereocenters. The minimum absolute atomic E-state index is 0.0578. The van der Waals surface area contributed by atoms with Crippen molar-refractivity contribution in [3.05, 3.63) is 66.7 Å². The molecule has 0 saturated carbocycles. The molecule has 0 radical (unpaired) electrons. The highest BCUT2D eigenvalue weighted by molar-refractivity contribution is 8.02. The summed E-state index contributed by atoms with van der Waals surface area (Å²) in [5.41, 5.74) is 1.31. The first-order valence-corrected chi connectivity index (χ1v) is 15.2. The standard InChI is InChI=1S/C32H35N3O5S/c1-3-40-24-13-11-22(12-14-24)33-29(37)26-25-17-19(2)32(41-25)27(26)31(39)35(15-6-16-36)28(32)30(38)34-23-10-9-20-7-4-5-8-21(20)18-23/h4-5,7-14,18-19,25-28,36H,3,6,15-17H2,1-2H3,(H,33,37)(H,34,38)/t19?,25-,26+,27-,28?,32?/m0/s1. The monoisotopic (exact) mass is 573 g/mol. The molecule has 3 amide bonds. The predicted octanol–water partition coefficient (Wildman–Crippen LogP) is 4.54. The van der Waals surface area contributed by atoms with Crippen molar-refractivity contribution in [1.29, 1.82) is 0 Å². The SMILES string of the molecule is CCOc1ccc(NC(=O)[C@@H]2[C@@H]3CC(C)C4(S3)C(C(=O)Nc3ccc5ccccc5c3)N(CCCO)C(=O)[C@H]24)cc1. The summed E-state index contributed by atoms with van der Waals surface area (Å²) in [6, 6.07) is 20.2. The van der Waals surface area contributed by atoms with Gasteiger partial charge in [0.1, 0.15) is 11.8 Å². The van der Waals surface area contributed by atoms with Crippen molar-refractivity contribution in [2.75, 3.05) is 30.4 Å². The first kappa shape index (κ1) is 27.6. The van der Waals surface area contributed by atoms with Gasteiger partial charge in [-0.2, -0.15) is 0 Å². The van der Waals surface area contributed by atoms with E-state index in [2.05, 4.69) is 17.6 Å². The summed E-state index contributed by atoms with van der Waals surface area (Å²) in [5, 5.41) is 17.7. The number of nitrogens with one attached hydrogen (secondary N) is 2. The molecular weight excluding hydrogens is 538 g/mol. The fraction of sp³-hybridized carbons (Fsp3) is 0.406. The van der Waals surface area contributed by atoms with Crippen LogP contribution in [0.5, 0.6) is 5.75 Å². The lowest BCUT2D eigenvalue weighted by molar-refractivity contribution is -0.138. The van der Waals surface area contributed by atoms with Gasteiger partial charge in [-0.15, -0.1) is 11.8 Å². The molecule has 3 aliphatic rings. The van der Waals surface area contributed by atoms with Gasteiger partial charge < -0.3 is 25.4 Å². The predicted molar refractivity (Wildman–Crippen MR) is 161 cm³/mol. The van der Waals surface area contributed by atoms with Crippen molar-refractivity contribution in [3.63, 3.8) is 0 Å². The Morgan fingerprint density at radius 2 is 1.73 bits per heavy atom. The van der Waals surface area contributed by atoms with Crippen molar-refractivity contribution in [3.8, 4) is 5.75 Å². The fourth-order valence-corrected chi connectivity index (χ4v) is 9.53. The van der Waals surface area contributed by atoms with Crippen LogP contribution in [0.15, 0.2) is 66.7 Å². The van der Waals surface area contributed by atoms with E-state index in [1.165, 1.54) is 0 Å². The van der Waals surface area contributed by atoms with Crippen LogP contribution in [0.3, 0.4) is 0 Å². The quantitative estimate of drug-likeness (QED) is 0.347. The molecule has 214 valence electrons. The van der Waals surface area contributed by atoms with Crippen molar-refractivity contribution in [2.45, 2.75) is 42.7 Å². The molecular formula is C32H35N3O5S. The maximum Gasteiger partial charge on any atom is 0.248 e. The number of aliphatic hydroxyl groups excluding tert-OH is 1. The lowest BCUT2D eigenvalue weighted by atomic mass is 9.66. The Labute approximate surface area is 243 Å². The molecule has 8 nitrogen and oxygen atoms in total. The number of hydrogen-bond acceptors (Lipinski definition) is 6. The molecule has 3 saturated heterocycles. The molecule has 6 rings (SSSR count). The van der Waals surface area contributed by atoms with Gasteiger partial charge in [0.15, 0.2) is 0 Å². The van der Waals surface area contributed by atoms with Crippen molar-refractivity contribution < 1.29 is 24.2 Å². The van der Waals surface area contributed by atoms with Crippen LogP contribution in [-0.4, -0.2) is 63.5 Å². The number of nitrogens with zero attached hydrogens (tertiary/aromatic N) is 1. The first-order chi connectivity index (χ1) is 19.9. The van der Waals surface area contributed by atoms with Crippen LogP contribution < -0.4 is 15.4 Å². The number of ether oxygens (including phenoxy) is 1. The van der Waals surface area contributed by atoms with E-state index in [4.69, 9.17) is 4.74 Å². The highest BCUT2D eigenvalue weighted by Crippen LogP contribution is 2.68. The van der Waals surface area contributed by atoms with Crippen LogP contribution in [0.25, 0.3) is 10.8 Å². The fourth-order valence-electron chi connectivity index (χ4n) is 7.11. The van der Waals surface area contributed by atoms with E-state index in [-0.39, 0.29) is 42.0 Å². The summed E-state index contributed by atoms with van der Waals surface area (Å²) < 4.78 is 4.78. The summed E-state index contributed by atoms with van der Waals surface area (Å²) in [5.74, 6) is -1.00. The molecule has 0 aromatic heterocycles. The van der Waals surface area contributed by atoms with Crippen LogP contribution in [0.1, 0.15) is 26.7 Å². The van der Waals surface area contributed by atoms with E-state index >= 15 is 0 Å². The molecule has 1 spiro atoms. The molecule has 3 aliphatic heterocycles. The van der Waals surface area contributed by atoms with Crippen molar-refractivity contribution in [1.82, 2.24) is 4.90 Å². The summed E-state index contributed by atoms with van der Waals surface area (Å²) in [6.07, 6.45) is 1.11. The number of aliphatic hydroxyl groups is 1. The number of hydrogen-bond donors (Lipinski definition) is 3. The number of anilines is 2. The lowest BCUT2D eigenvalue weighted by Crippen LogP contribution is -2.54. The zero-order valence-corrected chi connectivity index (χ0v) is 24.0. The van der Waals surface area contributed by atoms with E-state index < -0.39 is 22.6 Å². The molecule has 0 aliphatic carbocycles. The smallest absolute Gasteiger partial charge is 0.248 e. The molecule has 2 bridgehead atoms. The number of carbonyl (C=O) groups excluding carboxylic acids is 3. The molecule has 3 heterocycles. The van der Waals surface area contributed by atoms with Gasteiger partial charge in [0.25, 0.3) is 0 Å². The minimum atomic E-state index is -0.744. The van der Waals surface area contributed by atoms with E-state index in [0.717, 1.165) is 22.9 Å². The summed E-state index contributed by atoms with van der Waals surface area (Å²) >= 11 is 1.64. The van der Waals surface area contributed by atoms with Gasteiger partial charge >= 0.3 is 0 Å². The Kier molecular flexibility index (Phi) is 7.42. The van der Waals surface area contributed by atoms with E-state index in [1.807, 2.05) is 61.5 Å². The first-order valence-electron chi connectivity index (χ1n) is 14.3. The van der Waals surface area contributed by atoms with Gasteiger partial charge in [-0.25, -0.2) is 0 Å². The second-order valence-corrected chi connectivity index (χ2v) is 12.7. The van der Waals surface area contributed by atoms with Crippen molar-refractivity contribution >= 4 is 51.6 Å². The minimum Gasteiger partial charge on any atom is -0.494 e. The Bertz CT molecular complexity index is 1480. The van der Waals surface area contributed by atoms with Crippen molar-refractivity contribution in [2.24, 2.45) is 17.8 Å². The highest BCUT2D eigenvalue weighted by Gasteiger charge is 2.75. The van der Waals surface area contributed by atoms with E-state index in [9.17, 15) is 19.5 Å². The Balaban J connectivity index is 1.30. The van der Waals surface area contributed by atoms with E-state index in [0.29, 0.717) is 24.4 Å². The average molecular weight is 574 g/mol. The maximum absolute atomic E-state index is 14.1. The topological polar surface area (TPSA) is 108 Å². The molecule has 9 heteroatoms. The second-order valence-electron chi connectivity index (χ2n) is 11.2. The molecule has 3 unspecified atom stereocenters. The molecule has 3 aromatic rings. The summed E-state index contributed by atoms with van der Waals surface area (Å²) in [6.45, 7) is 4.73. The van der Waals surface area contributed by atoms with E-state index in [1.54, 1.807) is 28.8 Å². The van der Waals surface area contributed by atoms with Gasteiger partial charge in [-0.05, 0) is 72.9 Å². The van der Waals surface area contributed by atoms with Gasteiger partial charge in [-0.1, -0.05) is 37.3 Å². The Morgan fingerprint density at radius 3 is 2.46 bits per heavy atom. The summed E-state index contributed by atoms with van der Waals surface area (Å²) in [4.78, 5) is 43.6. The molecule has 41 heavy (non-hydrogen) atoms. The molecule has 3 fully saturated rings. The third-order valence-electron chi connectivity index (χ3n) is 8.80. The largest absolute Gasteiger partial charge is 0.494 e. The van der Waals surface area contributed by atoms with Gasteiger partial charge in [-0.3, -0.25) is 14.4 Å². The summed E-state index contributed by atoms with van der Waals surface area (Å²) in [7, 11) is 0. The highest BCUT2D eigenvalue weighted by atomic mass is 32.2. The zero-order chi connectivity index (χ0) is 28.7. The lowest BCUT2D eigenvalue weighted by Gasteiger charge is -2.38. The number of carbonyl (C=O) groups is 3. The Hall–Kier alpha value is -3.56. The molecule has 3 N–H and O–H groups in total. The van der Waals surface area contributed by atoms with Crippen LogP contribution >= 0.6 is 11.8 Å². The van der Waals surface area contributed by atoms with Crippen LogP contribution in [0.2, 0.25) is 0 Å². The Morgan fingerprint density at radius 1 is 1.02 bits per heavy atom. The third-order valence-corrected chi connectivity index (χ3v) is 10.9. The zero-order valence-electron chi connectivity index (χ0n) is 23.2. The van der Waals surface area contributed by atoms with Crippen LogP contribution in [0, 0.1) is 17.8 Å².